The Labute approximate surface area is 176 Å². The van der Waals surface area contributed by atoms with Gasteiger partial charge in [0.1, 0.15) is 6.61 Å². The summed E-state index contributed by atoms with van der Waals surface area (Å²) in [6.07, 6.45) is 4.04. The van der Waals surface area contributed by atoms with Gasteiger partial charge in [-0.25, -0.2) is 0 Å². The Balaban J connectivity index is 0.00000240. The van der Waals surface area contributed by atoms with Gasteiger partial charge < -0.3 is 14.2 Å². The van der Waals surface area contributed by atoms with E-state index in [1.165, 1.54) is 0 Å². The van der Waals surface area contributed by atoms with Crippen LogP contribution in [0.3, 0.4) is 0 Å². The SMILES string of the molecule is COc1cc(C=Cc2n[nH]c3ccccc23)ccc1OCCN1CCOCC1.Cl. The van der Waals surface area contributed by atoms with Crippen molar-refractivity contribution in [2.75, 3.05) is 46.6 Å². The van der Waals surface area contributed by atoms with Crippen molar-refractivity contribution in [1.29, 1.82) is 0 Å². The Morgan fingerprint density at radius 1 is 1.10 bits per heavy atom. The number of aromatic nitrogens is 2. The Kier molecular flexibility index (Phi) is 7.52. The highest BCUT2D eigenvalue weighted by Crippen LogP contribution is 2.29. The highest BCUT2D eigenvalue weighted by Gasteiger charge is 2.11. The van der Waals surface area contributed by atoms with Crippen LogP contribution in [0.2, 0.25) is 0 Å². The van der Waals surface area contributed by atoms with Crippen LogP contribution in [0.4, 0.5) is 0 Å². The first kappa shape index (κ1) is 21.2. The number of hydrogen-bond donors (Lipinski definition) is 1. The molecule has 1 aliphatic heterocycles. The monoisotopic (exact) mass is 415 g/mol. The van der Waals surface area contributed by atoms with E-state index in [1.54, 1.807) is 7.11 Å². The molecular formula is C22H26ClN3O3. The van der Waals surface area contributed by atoms with E-state index in [0.29, 0.717) is 6.61 Å². The van der Waals surface area contributed by atoms with Crippen LogP contribution in [0.5, 0.6) is 11.5 Å². The number of nitrogens with zero attached hydrogens (tertiary/aromatic N) is 2. The van der Waals surface area contributed by atoms with Crippen molar-refractivity contribution >= 4 is 35.5 Å². The molecule has 154 valence electrons. The molecule has 0 unspecified atom stereocenters. The normalized spacial score (nSPS) is 14.8. The van der Waals surface area contributed by atoms with Crippen LogP contribution in [0.15, 0.2) is 42.5 Å². The maximum atomic E-state index is 5.94. The standard InChI is InChI=1S/C22H25N3O3.ClH/c1-26-22-16-17(6-8-20-18-4-2-3-5-19(18)23-24-20)7-9-21(22)28-15-12-25-10-13-27-14-11-25;/h2-9,16H,10-15H2,1H3,(H,23,24);1H. The first-order valence-electron chi connectivity index (χ1n) is 9.55. The zero-order valence-electron chi connectivity index (χ0n) is 16.5. The maximum Gasteiger partial charge on any atom is 0.161 e. The summed E-state index contributed by atoms with van der Waals surface area (Å²) in [5, 5.41) is 8.53. The second kappa shape index (κ2) is 10.3. The molecule has 2 aromatic carbocycles. The predicted molar refractivity (Wildman–Crippen MR) is 118 cm³/mol. The Morgan fingerprint density at radius 3 is 2.76 bits per heavy atom. The van der Waals surface area contributed by atoms with Gasteiger partial charge in [0.25, 0.3) is 0 Å². The lowest BCUT2D eigenvalue weighted by molar-refractivity contribution is 0.0321. The third kappa shape index (κ3) is 5.29. The van der Waals surface area contributed by atoms with E-state index in [0.717, 1.165) is 66.5 Å². The number of aromatic amines is 1. The van der Waals surface area contributed by atoms with Crippen LogP contribution in [-0.2, 0) is 4.74 Å². The van der Waals surface area contributed by atoms with E-state index in [2.05, 4.69) is 21.2 Å². The van der Waals surface area contributed by atoms with E-state index in [4.69, 9.17) is 14.2 Å². The van der Waals surface area contributed by atoms with Crippen molar-refractivity contribution in [1.82, 2.24) is 15.1 Å². The van der Waals surface area contributed by atoms with Gasteiger partial charge in [-0.2, -0.15) is 5.10 Å². The predicted octanol–water partition coefficient (Wildman–Crippen LogP) is 3.87. The molecule has 7 heteroatoms. The summed E-state index contributed by atoms with van der Waals surface area (Å²) < 4.78 is 16.8. The number of nitrogens with one attached hydrogen (secondary N) is 1. The molecule has 0 aliphatic carbocycles. The van der Waals surface area contributed by atoms with Gasteiger partial charge in [0.2, 0.25) is 0 Å². The van der Waals surface area contributed by atoms with E-state index >= 15 is 0 Å². The fourth-order valence-corrected chi connectivity index (χ4v) is 3.30. The minimum atomic E-state index is 0. The van der Waals surface area contributed by atoms with Crippen molar-refractivity contribution in [2.45, 2.75) is 0 Å². The Bertz CT molecular complexity index is 951. The quantitative estimate of drug-likeness (QED) is 0.634. The average molecular weight is 416 g/mol. The van der Waals surface area contributed by atoms with E-state index < -0.39 is 0 Å². The van der Waals surface area contributed by atoms with Crippen LogP contribution in [-0.4, -0.2) is 61.7 Å². The molecule has 0 radical (unpaired) electrons. The lowest BCUT2D eigenvalue weighted by Gasteiger charge is -2.26. The molecule has 4 rings (SSSR count). The number of H-pyrrole nitrogens is 1. The van der Waals surface area contributed by atoms with Crippen molar-refractivity contribution < 1.29 is 14.2 Å². The number of para-hydroxylation sites is 1. The molecule has 6 nitrogen and oxygen atoms in total. The molecule has 0 saturated carbocycles. The van der Waals surface area contributed by atoms with Gasteiger partial charge >= 0.3 is 0 Å². The summed E-state index contributed by atoms with van der Waals surface area (Å²) in [7, 11) is 1.67. The molecule has 1 N–H and O–H groups in total. The van der Waals surface area contributed by atoms with Gasteiger partial charge in [-0.3, -0.25) is 10.00 Å². The molecule has 1 aliphatic rings. The van der Waals surface area contributed by atoms with Crippen LogP contribution in [0.25, 0.3) is 23.1 Å². The number of ether oxygens (including phenoxy) is 3. The van der Waals surface area contributed by atoms with Crippen LogP contribution in [0, 0.1) is 0 Å². The topological polar surface area (TPSA) is 59.6 Å². The number of methoxy groups -OCH3 is 1. The molecule has 0 spiro atoms. The van der Waals surface area contributed by atoms with E-state index in [9.17, 15) is 0 Å². The number of fused-ring (bicyclic) bond motifs is 1. The molecule has 0 bridgehead atoms. The molecular weight excluding hydrogens is 390 g/mol. The first-order valence-corrected chi connectivity index (χ1v) is 9.55. The van der Waals surface area contributed by atoms with Crippen LogP contribution >= 0.6 is 12.4 Å². The van der Waals surface area contributed by atoms with E-state index in [-0.39, 0.29) is 12.4 Å². The summed E-state index contributed by atoms with van der Waals surface area (Å²) in [4.78, 5) is 2.35. The second-order valence-corrected chi connectivity index (χ2v) is 6.70. The van der Waals surface area contributed by atoms with Crippen LogP contribution in [0.1, 0.15) is 11.3 Å². The van der Waals surface area contributed by atoms with E-state index in [1.807, 2.05) is 48.6 Å². The average Bonchev–Trinajstić information content (AvgIpc) is 3.17. The second-order valence-electron chi connectivity index (χ2n) is 6.70. The largest absolute Gasteiger partial charge is 0.493 e. The molecule has 1 aromatic heterocycles. The summed E-state index contributed by atoms with van der Waals surface area (Å²) >= 11 is 0. The van der Waals surface area contributed by atoms with Crippen LogP contribution < -0.4 is 9.47 Å². The fraction of sp³-hybridized carbons (Fsp3) is 0.318. The fourth-order valence-electron chi connectivity index (χ4n) is 3.30. The Morgan fingerprint density at radius 2 is 1.93 bits per heavy atom. The third-order valence-corrected chi connectivity index (χ3v) is 4.89. The molecule has 0 amide bonds. The molecule has 3 aromatic rings. The van der Waals surface area contributed by atoms with Gasteiger partial charge in [-0.15, -0.1) is 12.4 Å². The van der Waals surface area contributed by atoms with Gasteiger partial charge in [0.15, 0.2) is 11.5 Å². The zero-order valence-corrected chi connectivity index (χ0v) is 17.3. The number of halogens is 1. The summed E-state index contributed by atoms with van der Waals surface area (Å²) in [6.45, 7) is 5.05. The molecule has 2 heterocycles. The summed E-state index contributed by atoms with van der Waals surface area (Å²) in [6, 6.07) is 14.1. The van der Waals surface area contributed by atoms with Gasteiger partial charge in [-0.1, -0.05) is 30.3 Å². The molecule has 29 heavy (non-hydrogen) atoms. The van der Waals surface area contributed by atoms with Gasteiger partial charge in [-0.05, 0) is 29.8 Å². The highest BCUT2D eigenvalue weighted by molar-refractivity contribution is 5.89. The molecule has 0 atom stereocenters. The zero-order chi connectivity index (χ0) is 19.2. The number of rotatable bonds is 7. The molecule has 1 saturated heterocycles. The van der Waals surface area contributed by atoms with Crippen molar-refractivity contribution in [3.8, 4) is 11.5 Å². The Hall–Kier alpha value is -2.54. The number of hydrogen-bond acceptors (Lipinski definition) is 5. The van der Waals surface area contributed by atoms with Gasteiger partial charge in [0.05, 0.1) is 31.5 Å². The number of morpholine rings is 1. The minimum Gasteiger partial charge on any atom is -0.493 e. The van der Waals surface area contributed by atoms with Gasteiger partial charge in [0, 0.05) is 25.0 Å². The van der Waals surface area contributed by atoms with Crippen molar-refractivity contribution in [2.24, 2.45) is 0 Å². The maximum absolute atomic E-state index is 5.94. The lowest BCUT2D eigenvalue weighted by Crippen LogP contribution is -2.38. The highest BCUT2D eigenvalue weighted by atomic mass is 35.5. The number of benzene rings is 2. The summed E-state index contributed by atoms with van der Waals surface area (Å²) in [5.41, 5.74) is 2.98. The smallest absolute Gasteiger partial charge is 0.161 e. The third-order valence-electron chi connectivity index (χ3n) is 4.89. The molecule has 1 fully saturated rings. The lowest BCUT2D eigenvalue weighted by atomic mass is 10.1. The van der Waals surface area contributed by atoms with Crippen molar-refractivity contribution in [3.05, 3.63) is 53.7 Å². The first-order chi connectivity index (χ1) is 13.8. The minimum absolute atomic E-state index is 0. The summed E-state index contributed by atoms with van der Waals surface area (Å²) in [5.74, 6) is 1.49. The van der Waals surface area contributed by atoms with Crippen molar-refractivity contribution in [3.63, 3.8) is 0 Å².